The van der Waals surface area contributed by atoms with E-state index in [0.717, 1.165) is 25.9 Å². The molecule has 0 aliphatic carbocycles. The summed E-state index contributed by atoms with van der Waals surface area (Å²) in [6.07, 6.45) is 2.02. The fourth-order valence-electron chi connectivity index (χ4n) is 2.28. The van der Waals surface area contributed by atoms with E-state index in [0.29, 0.717) is 0 Å². The second kappa shape index (κ2) is 7.36. The van der Waals surface area contributed by atoms with Gasteiger partial charge in [-0.1, -0.05) is 19.9 Å². The molecule has 4 heteroatoms. The Bertz CT molecular complexity index is 492. The lowest BCUT2D eigenvalue weighted by atomic mass is 9.83. The highest BCUT2D eigenvalue weighted by molar-refractivity contribution is 7.14. The summed E-state index contributed by atoms with van der Waals surface area (Å²) in [4.78, 5) is 2.69. The zero-order valence-electron chi connectivity index (χ0n) is 12.2. The Labute approximate surface area is 129 Å². The Morgan fingerprint density at radius 1 is 1.25 bits per heavy atom. The summed E-state index contributed by atoms with van der Waals surface area (Å²) in [5.74, 6) is 0. The second-order valence-corrected chi connectivity index (χ2v) is 7.19. The van der Waals surface area contributed by atoms with Crippen LogP contribution < -0.4 is 5.32 Å². The van der Waals surface area contributed by atoms with Crippen molar-refractivity contribution in [1.29, 1.82) is 0 Å². The molecule has 0 saturated heterocycles. The zero-order valence-corrected chi connectivity index (χ0v) is 13.8. The molecule has 2 rings (SSSR count). The largest absolute Gasteiger partial charge is 0.396 e. The molecule has 20 heavy (non-hydrogen) atoms. The number of aliphatic hydroxyl groups is 1. The van der Waals surface area contributed by atoms with Crippen LogP contribution in [-0.2, 0) is 6.54 Å². The Hall–Kier alpha value is -0.680. The summed E-state index contributed by atoms with van der Waals surface area (Å²) < 4.78 is 0. The van der Waals surface area contributed by atoms with E-state index in [4.69, 9.17) is 0 Å². The molecule has 0 unspecified atom stereocenters. The average Bonchev–Trinajstić information content (AvgIpc) is 3.15. The Kier molecular flexibility index (Phi) is 5.78. The lowest BCUT2D eigenvalue weighted by Gasteiger charge is -2.29. The second-order valence-electron chi connectivity index (χ2n) is 5.25. The number of thiophene rings is 2. The maximum absolute atomic E-state index is 9.57. The van der Waals surface area contributed by atoms with Gasteiger partial charge in [-0.15, -0.1) is 22.7 Å². The molecular weight excluding hydrogens is 286 g/mol. The molecule has 0 amide bonds. The Morgan fingerprint density at radius 2 is 2.05 bits per heavy atom. The van der Waals surface area contributed by atoms with E-state index in [2.05, 4.69) is 48.1 Å². The van der Waals surface area contributed by atoms with Gasteiger partial charge in [-0.05, 0) is 35.7 Å². The lowest BCUT2D eigenvalue weighted by Crippen LogP contribution is -2.36. The first-order valence-electron chi connectivity index (χ1n) is 7.16. The molecule has 110 valence electrons. The fraction of sp³-hybridized carbons (Fsp3) is 0.500. The van der Waals surface area contributed by atoms with Crippen molar-refractivity contribution in [2.24, 2.45) is 5.41 Å². The molecule has 0 aromatic carbocycles. The van der Waals surface area contributed by atoms with E-state index in [9.17, 15) is 5.11 Å². The highest BCUT2D eigenvalue weighted by Crippen LogP contribution is 2.29. The SMILES string of the molecule is CCC(CC)(CO)CNCc1cc(-c2cccs2)cs1. The van der Waals surface area contributed by atoms with Gasteiger partial charge in [0.1, 0.15) is 0 Å². The molecule has 0 atom stereocenters. The van der Waals surface area contributed by atoms with Gasteiger partial charge in [0.05, 0.1) is 0 Å². The minimum Gasteiger partial charge on any atom is -0.396 e. The van der Waals surface area contributed by atoms with E-state index in [1.54, 1.807) is 22.7 Å². The maximum atomic E-state index is 9.57. The summed E-state index contributed by atoms with van der Waals surface area (Å²) in [5, 5.41) is 17.4. The third kappa shape index (κ3) is 3.70. The summed E-state index contributed by atoms with van der Waals surface area (Å²) in [5.41, 5.74) is 1.36. The summed E-state index contributed by atoms with van der Waals surface area (Å²) in [6.45, 7) is 6.33. The first-order valence-corrected chi connectivity index (χ1v) is 8.92. The van der Waals surface area contributed by atoms with E-state index in [1.165, 1.54) is 15.3 Å². The van der Waals surface area contributed by atoms with Gasteiger partial charge in [0, 0.05) is 40.4 Å². The van der Waals surface area contributed by atoms with Crippen molar-refractivity contribution in [3.63, 3.8) is 0 Å². The molecule has 2 aromatic heterocycles. The van der Waals surface area contributed by atoms with Crippen molar-refractivity contribution >= 4 is 22.7 Å². The summed E-state index contributed by atoms with van der Waals surface area (Å²) in [6, 6.07) is 6.52. The highest BCUT2D eigenvalue weighted by atomic mass is 32.1. The summed E-state index contributed by atoms with van der Waals surface area (Å²) >= 11 is 3.58. The van der Waals surface area contributed by atoms with Gasteiger partial charge in [-0.2, -0.15) is 0 Å². The van der Waals surface area contributed by atoms with Crippen LogP contribution in [0.2, 0.25) is 0 Å². The van der Waals surface area contributed by atoms with E-state index >= 15 is 0 Å². The van der Waals surface area contributed by atoms with Crippen LogP contribution in [0.1, 0.15) is 31.6 Å². The molecule has 2 nitrogen and oxygen atoms in total. The molecule has 2 aromatic rings. The van der Waals surface area contributed by atoms with Gasteiger partial charge in [0.2, 0.25) is 0 Å². The van der Waals surface area contributed by atoms with E-state index in [1.807, 2.05) is 0 Å². The van der Waals surface area contributed by atoms with Crippen molar-refractivity contribution in [2.75, 3.05) is 13.2 Å². The lowest BCUT2D eigenvalue weighted by molar-refractivity contribution is 0.113. The minimum absolute atomic E-state index is 0.0356. The topological polar surface area (TPSA) is 32.3 Å². The van der Waals surface area contributed by atoms with Crippen LogP contribution in [0.4, 0.5) is 0 Å². The van der Waals surface area contributed by atoms with Gasteiger partial charge in [0.15, 0.2) is 0 Å². The van der Waals surface area contributed by atoms with Crippen molar-refractivity contribution in [1.82, 2.24) is 5.32 Å². The highest BCUT2D eigenvalue weighted by Gasteiger charge is 2.24. The van der Waals surface area contributed by atoms with Gasteiger partial charge >= 0.3 is 0 Å². The van der Waals surface area contributed by atoms with E-state index < -0.39 is 0 Å². The molecule has 0 fully saturated rings. The molecule has 0 radical (unpaired) electrons. The monoisotopic (exact) mass is 309 g/mol. The summed E-state index contributed by atoms with van der Waals surface area (Å²) in [7, 11) is 0. The van der Waals surface area contributed by atoms with Crippen LogP contribution >= 0.6 is 22.7 Å². The molecule has 2 heterocycles. The van der Waals surface area contributed by atoms with Gasteiger partial charge in [-0.25, -0.2) is 0 Å². The van der Waals surface area contributed by atoms with Crippen molar-refractivity contribution < 1.29 is 5.11 Å². The number of hydrogen-bond donors (Lipinski definition) is 2. The Balaban J connectivity index is 1.89. The van der Waals surface area contributed by atoms with Gasteiger partial charge in [0.25, 0.3) is 0 Å². The Morgan fingerprint density at radius 3 is 2.65 bits per heavy atom. The van der Waals surface area contributed by atoms with Crippen LogP contribution in [0.15, 0.2) is 29.0 Å². The first-order chi connectivity index (χ1) is 9.73. The molecule has 0 bridgehead atoms. The number of nitrogens with one attached hydrogen (secondary N) is 1. The van der Waals surface area contributed by atoms with Crippen LogP contribution in [0.3, 0.4) is 0 Å². The first kappa shape index (κ1) is 15.7. The van der Waals surface area contributed by atoms with Crippen molar-refractivity contribution in [3.8, 4) is 10.4 Å². The molecule has 0 saturated carbocycles. The number of aliphatic hydroxyl groups excluding tert-OH is 1. The minimum atomic E-state index is 0.0356. The molecule has 2 N–H and O–H groups in total. The quantitative estimate of drug-likeness (QED) is 0.759. The predicted molar refractivity (Wildman–Crippen MR) is 89.4 cm³/mol. The molecule has 0 aliphatic rings. The van der Waals surface area contributed by atoms with E-state index in [-0.39, 0.29) is 12.0 Å². The standard InChI is InChI=1S/C16H23NOS2/c1-3-16(4-2,12-18)11-17-9-14-8-13(10-20-14)15-6-5-7-19-15/h5-8,10,17-18H,3-4,9,11-12H2,1-2H3. The number of rotatable bonds is 8. The third-order valence-corrected chi connectivity index (χ3v) is 5.95. The zero-order chi connectivity index (χ0) is 14.4. The predicted octanol–water partition coefficient (Wildman–Crippen LogP) is 4.36. The van der Waals surface area contributed by atoms with Crippen LogP contribution in [-0.4, -0.2) is 18.3 Å². The maximum Gasteiger partial charge on any atom is 0.0499 e. The van der Waals surface area contributed by atoms with Crippen molar-refractivity contribution in [3.05, 3.63) is 33.8 Å². The van der Waals surface area contributed by atoms with Crippen LogP contribution in [0.5, 0.6) is 0 Å². The van der Waals surface area contributed by atoms with Crippen LogP contribution in [0, 0.1) is 5.41 Å². The van der Waals surface area contributed by atoms with Crippen molar-refractivity contribution in [2.45, 2.75) is 33.2 Å². The van der Waals surface area contributed by atoms with Gasteiger partial charge < -0.3 is 10.4 Å². The molecule has 0 spiro atoms. The third-order valence-electron chi connectivity index (χ3n) is 4.09. The average molecular weight is 310 g/mol. The number of hydrogen-bond acceptors (Lipinski definition) is 4. The fourth-order valence-corrected chi connectivity index (χ4v) is 3.92. The van der Waals surface area contributed by atoms with Gasteiger partial charge in [-0.3, -0.25) is 0 Å². The van der Waals surface area contributed by atoms with Crippen LogP contribution in [0.25, 0.3) is 10.4 Å². The smallest absolute Gasteiger partial charge is 0.0499 e. The normalized spacial score (nSPS) is 11.9. The molecular formula is C16H23NOS2. The molecule has 0 aliphatic heterocycles.